The lowest BCUT2D eigenvalue weighted by molar-refractivity contribution is -0.128. The van der Waals surface area contributed by atoms with E-state index in [4.69, 9.17) is 34.8 Å². The standard InChI is InChI=1S/C17H13Cl3N2O2/c18-12-4-2-1-3-11(12)15-16(23)21-7-8-22(15)17(24)10-5-6-13(19)14(20)9-10/h1-6,9,15H,7-8H2,(H,21,23). The lowest BCUT2D eigenvalue weighted by atomic mass is 10.0. The van der Waals surface area contributed by atoms with Gasteiger partial charge in [-0.05, 0) is 24.3 Å². The summed E-state index contributed by atoms with van der Waals surface area (Å²) in [7, 11) is 0. The molecule has 0 bridgehead atoms. The molecule has 124 valence electrons. The summed E-state index contributed by atoms with van der Waals surface area (Å²) in [6, 6.07) is 10.9. The van der Waals surface area contributed by atoms with Gasteiger partial charge in [0.15, 0.2) is 0 Å². The molecule has 7 heteroatoms. The summed E-state index contributed by atoms with van der Waals surface area (Å²) in [6.07, 6.45) is 0. The van der Waals surface area contributed by atoms with Gasteiger partial charge in [0, 0.05) is 29.2 Å². The van der Waals surface area contributed by atoms with Crippen molar-refractivity contribution in [2.45, 2.75) is 6.04 Å². The molecule has 0 aliphatic carbocycles. The van der Waals surface area contributed by atoms with Crippen LogP contribution in [0.1, 0.15) is 22.0 Å². The maximum atomic E-state index is 12.9. The molecule has 4 nitrogen and oxygen atoms in total. The smallest absolute Gasteiger partial charge is 0.254 e. The average molecular weight is 384 g/mol. The molecule has 2 amide bonds. The molecule has 0 saturated carbocycles. The Kier molecular flexibility index (Phi) is 4.99. The molecule has 1 N–H and O–H groups in total. The number of hydrogen-bond acceptors (Lipinski definition) is 2. The van der Waals surface area contributed by atoms with E-state index in [1.54, 1.807) is 36.4 Å². The molecular formula is C17H13Cl3N2O2. The third-order valence-corrected chi connectivity index (χ3v) is 4.92. The van der Waals surface area contributed by atoms with Gasteiger partial charge in [-0.25, -0.2) is 0 Å². The highest BCUT2D eigenvalue weighted by Crippen LogP contribution is 2.31. The predicted molar refractivity (Wildman–Crippen MR) is 94.7 cm³/mol. The SMILES string of the molecule is O=C1NCCN(C(=O)c2ccc(Cl)c(Cl)c2)C1c1ccccc1Cl. The van der Waals surface area contributed by atoms with E-state index >= 15 is 0 Å². The molecule has 0 spiro atoms. The molecule has 1 saturated heterocycles. The fraction of sp³-hybridized carbons (Fsp3) is 0.176. The fourth-order valence-corrected chi connectivity index (χ4v) is 3.22. The van der Waals surface area contributed by atoms with E-state index in [0.717, 1.165) is 0 Å². The van der Waals surface area contributed by atoms with E-state index in [1.165, 1.54) is 11.0 Å². The van der Waals surface area contributed by atoms with Crippen LogP contribution in [0.3, 0.4) is 0 Å². The van der Waals surface area contributed by atoms with Gasteiger partial charge in [-0.1, -0.05) is 53.0 Å². The van der Waals surface area contributed by atoms with Crippen molar-refractivity contribution in [1.29, 1.82) is 0 Å². The first-order valence-electron chi connectivity index (χ1n) is 7.27. The molecule has 3 rings (SSSR count). The normalized spacial score (nSPS) is 17.5. The molecule has 0 radical (unpaired) electrons. The van der Waals surface area contributed by atoms with E-state index in [2.05, 4.69) is 5.32 Å². The van der Waals surface area contributed by atoms with Gasteiger partial charge < -0.3 is 10.2 Å². The molecule has 2 aromatic carbocycles. The number of nitrogens with zero attached hydrogens (tertiary/aromatic N) is 1. The topological polar surface area (TPSA) is 49.4 Å². The van der Waals surface area contributed by atoms with Crippen LogP contribution >= 0.6 is 34.8 Å². The first kappa shape index (κ1) is 17.1. The highest BCUT2D eigenvalue weighted by molar-refractivity contribution is 6.42. The molecule has 0 aromatic heterocycles. The van der Waals surface area contributed by atoms with Crippen molar-refractivity contribution >= 4 is 46.6 Å². The quantitative estimate of drug-likeness (QED) is 0.853. The summed E-state index contributed by atoms with van der Waals surface area (Å²) >= 11 is 18.1. The monoisotopic (exact) mass is 382 g/mol. The van der Waals surface area contributed by atoms with Crippen molar-refractivity contribution in [2.24, 2.45) is 0 Å². The number of carbonyl (C=O) groups excluding carboxylic acids is 2. The molecule has 1 heterocycles. The van der Waals surface area contributed by atoms with Gasteiger partial charge in [0.2, 0.25) is 5.91 Å². The number of benzene rings is 2. The Morgan fingerprint density at radius 3 is 2.50 bits per heavy atom. The van der Waals surface area contributed by atoms with E-state index in [1.807, 2.05) is 0 Å². The van der Waals surface area contributed by atoms with Crippen molar-refractivity contribution < 1.29 is 9.59 Å². The average Bonchev–Trinajstić information content (AvgIpc) is 2.57. The Hall–Kier alpha value is -1.75. The van der Waals surface area contributed by atoms with Crippen LogP contribution in [0.15, 0.2) is 42.5 Å². The van der Waals surface area contributed by atoms with Gasteiger partial charge in [0.05, 0.1) is 10.0 Å². The van der Waals surface area contributed by atoms with Crippen LogP contribution in [0.25, 0.3) is 0 Å². The first-order valence-corrected chi connectivity index (χ1v) is 8.40. The van der Waals surface area contributed by atoms with Gasteiger partial charge in [-0.3, -0.25) is 9.59 Å². The summed E-state index contributed by atoms with van der Waals surface area (Å²) in [6.45, 7) is 0.757. The fourth-order valence-electron chi connectivity index (χ4n) is 2.69. The van der Waals surface area contributed by atoms with Crippen molar-refractivity contribution in [1.82, 2.24) is 10.2 Å². The maximum Gasteiger partial charge on any atom is 0.254 e. The zero-order valence-corrected chi connectivity index (χ0v) is 14.7. The lowest BCUT2D eigenvalue weighted by Crippen LogP contribution is -2.52. The molecule has 24 heavy (non-hydrogen) atoms. The third-order valence-electron chi connectivity index (χ3n) is 3.84. The van der Waals surface area contributed by atoms with Crippen molar-refractivity contribution in [2.75, 3.05) is 13.1 Å². The van der Waals surface area contributed by atoms with Crippen LogP contribution in [0, 0.1) is 0 Å². The summed E-state index contributed by atoms with van der Waals surface area (Å²) in [4.78, 5) is 26.8. The minimum atomic E-state index is -0.783. The lowest BCUT2D eigenvalue weighted by Gasteiger charge is -2.35. The van der Waals surface area contributed by atoms with Crippen molar-refractivity contribution in [3.05, 3.63) is 68.7 Å². The van der Waals surface area contributed by atoms with E-state index in [-0.39, 0.29) is 11.8 Å². The van der Waals surface area contributed by atoms with E-state index in [9.17, 15) is 9.59 Å². The molecule has 1 aliphatic heterocycles. The number of halogens is 3. The van der Waals surface area contributed by atoms with Gasteiger partial charge >= 0.3 is 0 Å². The second-order valence-corrected chi connectivity index (χ2v) is 6.56. The van der Waals surface area contributed by atoms with Gasteiger partial charge in [-0.15, -0.1) is 0 Å². The number of amides is 2. The Balaban J connectivity index is 2.00. The maximum absolute atomic E-state index is 12.9. The van der Waals surface area contributed by atoms with Crippen LogP contribution in [-0.4, -0.2) is 29.8 Å². The number of hydrogen-bond donors (Lipinski definition) is 1. The highest BCUT2D eigenvalue weighted by atomic mass is 35.5. The second kappa shape index (κ2) is 7.01. The van der Waals surface area contributed by atoms with Crippen molar-refractivity contribution in [3.63, 3.8) is 0 Å². The number of carbonyl (C=O) groups is 2. The molecule has 1 atom stereocenters. The first-order chi connectivity index (χ1) is 11.5. The Morgan fingerprint density at radius 2 is 1.79 bits per heavy atom. The van der Waals surface area contributed by atoms with E-state index in [0.29, 0.717) is 39.3 Å². The zero-order chi connectivity index (χ0) is 17.3. The van der Waals surface area contributed by atoms with Crippen LogP contribution in [-0.2, 0) is 4.79 Å². The largest absolute Gasteiger partial charge is 0.352 e. The minimum absolute atomic E-state index is 0.261. The highest BCUT2D eigenvalue weighted by Gasteiger charge is 2.36. The minimum Gasteiger partial charge on any atom is -0.352 e. The molecule has 1 fully saturated rings. The Bertz CT molecular complexity index is 810. The summed E-state index contributed by atoms with van der Waals surface area (Å²) in [5.74, 6) is -0.559. The second-order valence-electron chi connectivity index (χ2n) is 5.34. The van der Waals surface area contributed by atoms with Crippen LogP contribution in [0.5, 0.6) is 0 Å². The predicted octanol–water partition coefficient (Wildman–Crippen LogP) is 3.96. The summed E-state index contributed by atoms with van der Waals surface area (Å²) < 4.78 is 0. The van der Waals surface area contributed by atoms with Crippen molar-refractivity contribution in [3.8, 4) is 0 Å². The zero-order valence-electron chi connectivity index (χ0n) is 12.4. The molecule has 2 aromatic rings. The molecule has 1 unspecified atom stereocenters. The molecular weight excluding hydrogens is 371 g/mol. The van der Waals surface area contributed by atoms with Crippen LogP contribution < -0.4 is 5.32 Å². The summed E-state index contributed by atoms with van der Waals surface area (Å²) in [5, 5.41) is 3.87. The van der Waals surface area contributed by atoms with Gasteiger partial charge in [-0.2, -0.15) is 0 Å². The van der Waals surface area contributed by atoms with Gasteiger partial charge in [0.1, 0.15) is 6.04 Å². The third kappa shape index (κ3) is 3.22. The summed E-state index contributed by atoms with van der Waals surface area (Å²) in [5.41, 5.74) is 0.959. The van der Waals surface area contributed by atoms with Crippen LogP contribution in [0.4, 0.5) is 0 Å². The Labute approximate surface area is 154 Å². The Morgan fingerprint density at radius 1 is 1.04 bits per heavy atom. The van der Waals surface area contributed by atoms with Crippen LogP contribution in [0.2, 0.25) is 15.1 Å². The molecule has 1 aliphatic rings. The number of rotatable bonds is 2. The van der Waals surface area contributed by atoms with E-state index < -0.39 is 6.04 Å². The number of piperazine rings is 1. The van der Waals surface area contributed by atoms with Gasteiger partial charge in [0.25, 0.3) is 5.91 Å². The number of nitrogens with one attached hydrogen (secondary N) is 1.